The van der Waals surface area contributed by atoms with Gasteiger partial charge in [0.2, 0.25) is 0 Å². The molecule has 0 aromatic heterocycles. The summed E-state index contributed by atoms with van der Waals surface area (Å²) in [6.45, 7) is 3.25. The van der Waals surface area contributed by atoms with Gasteiger partial charge in [0, 0.05) is 18.9 Å². The van der Waals surface area contributed by atoms with Crippen molar-refractivity contribution in [3.63, 3.8) is 0 Å². The maximum absolute atomic E-state index is 12.4. The summed E-state index contributed by atoms with van der Waals surface area (Å²) in [7, 11) is -3.45. The minimum atomic E-state index is -3.45. The number of aliphatic hydroxyl groups is 1. The van der Waals surface area contributed by atoms with Gasteiger partial charge in [-0.25, -0.2) is 8.42 Å². The maximum atomic E-state index is 12.4. The molecule has 1 aliphatic rings. The molecule has 0 saturated carbocycles. The molecule has 1 aromatic rings. The molecular formula is C18H16N2O5S. The van der Waals surface area contributed by atoms with Crippen LogP contribution in [0.25, 0.3) is 0 Å². The second-order valence-electron chi connectivity index (χ2n) is 5.51. The first-order valence-corrected chi connectivity index (χ1v) is 9.30. The first-order chi connectivity index (χ1) is 12.1. The molecule has 1 heterocycles. The van der Waals surface area contributed by atoms with Crippen molar-refractivity contribution in [2.45, 2.75) is 18.7 Å². The smallest absolute Gasteiger partial charge is 0.270 e. The van der Waals surface area contributed by atoms with Crippen molar-refractivity contribution in [2.24, 2.45) is 0 Å². The molecule has 7 nitrogen and oxygen atoms in total. The van der Waals surface area contributed by atoms with Gasteiger partial charge in [0.05, 0.1) is 10.5 Å². The number of allylic oxidation sites excluding steroid dienone is 2. The van der Waals surface area contributed by atoms with E-state index in [1.807, 2.05) is 0 Å². The number of nitrogens with zero attached hydrogens (tertiary/aromatic N) is 1. The highest BCUT2D eigenvalue weighted by Crippen LogP contribution is 2.24. The zero-order valence-corrected chi connectivity index (χ0v) is 15.1. The number of hydrogen-bond acceptors (Lipinski definition) is 6. The number of carbonyl (C=O) groups is 1. The molecule has 0 unspecified atom stereocenters. The number of rotatable bonds is 4. The van der Waals surface area contributed by atoms with Crippen molar-refractivity contribution in [1.29, 1.82) is 5.26 Å². The molecule has 26 heavy (non-hydrogen) atoms. The highest BCUT2D eigenvalue weighted by molar-refractivity contribution is 7.90. The summed E-state index contributed by atoms with van der Waals surface area (Å²) in [5.41, 5.74) is 2.54. The summed E-state index contributed by atoms with van der Waals surface area (Å²) in [5.74, 6) is -0.629. The summed E-state index contributed by atoms with van der Waals surface area (Å²) in [6, 6.07) is 7.23. The predicted molar refractivity (Wildman–Crippen MR) is 94.5 cm³/mol. The van der Waals surface area contributed by atoms with E-state index < -0.39 is 27.1 Å². The summed E-state index contributed by atoms with van der Waals surface area (Å²) in [6.07, 6.45) is 2.46. The number of benzene rings is 1. The van der Waals surface area contributed by atoms with Gasteiger partial charge in [0.15, 0.2) is 15.4 Å². The Bertz CT molecular complexity index is 1050. The quantitative estimate of drug-likeness (QED) is 0.363. The van der Waals surface area contributed by atoms with Crippen LogP contribution in [0.3, 0.4) is 0 Å². The van der Waals surface area contributed by atoms with Crippen molar-refractivity contribution < 1.29 is 23.1 Å². The number of carbonyl (C=O) groups excluding carboxylic acids is 1. The number of sulfone groups is 1. The van der Waals surface area contributed by atoms with Gasteiger partial charge >= 0.3 is 0 Å². The molecule has 0 saturated heterocycles. The standard InChI is InChI=1S/C18H16N2O5S/c1-11-7-8-15(12(2)25-11)17(21)16(10-19)18(22)20-13-5-4-6-14(9-13)26(3,23)24/h4-6,8-9,21H,1-3H3,(H,20,22)/b17-16-. The van der Waals surface area contributed by atoms with Crippen molar-refractivity contribution in [3.8, 4) is 6.07 Å². The van der Waals surface area contributed by atoms with E-state index in [-0.39, 0.29) is 16.2 Å². The monoisotopic (exact) mass is 372 g/mol. The maximum Gasteiger partial charge on any atom is 0.270 e. The largest absolute Gasteiger partial charge is 0.506 e. The lowest BCUT2D eigenvalue weighted by Gasteiger charge is -2.13. The predicted octanol–water partition coefficient (Wildman–Crippen LogP) is 2.73. The molecule has 1 aromatic carbocycles. The lowest BCUT2D eigenvalue weighted by Crippen LogP contribution is -2.16. The van der Waals surface area contributed by atoms with Gasteiger partial charge in [-0.05, 0) is 31.2 Å². The van der Waals surface area contributed by atoms with Crippen LogP contribution in [0.4, 0.5) is 5.69 Å². The summed E-state index contributed by atoms with van der Waals surface area (Å²) < 4.78 is 28.5. The van der Waals surface area contributed by atoms with E-state index in [1.54, 1.807) is 19.9 Å². The first-order valence-electron chi connectivity index (χ1n) is 7.40. The van der Waals surface area contributed by atoms with Gasteiger partial charge in [0.1, 0.15) is 23.3 Å². The third-order valence-corrected chi connectivity index (χ3v) is 4.57. The molecule has 0 radical (unpaired) electrons. The Hall–Kier alpha value is -3.27. The normalized spacial score (nSPS) is 14.8. The third-order valence-electron chi connectivity index (χ3n) is 3.46. The van der Waals surface area contributed by atoms with Gasteiger partial charge < -0.3 is 15.2 Å². The average molecular weight is 372 g/mol. The molecule has 0 aliphatic carbocycles. The van der Waals surface area contributed by atoms with Crippen LogP contribution < -0.4 is 5.32 Å². The number of nitriles is 1. The van der Waals surface area contributed by atoms with Crippen molar-refractivity contribution in [1.82, 2.24) is 0 Å². The van der Waals surface area contributed by atoms with Crippen LogP contribution >= 0.6 is 0 Å². The van der Waals surface area contributed by atoms with Crippen molar-refractivity contribution in [2.75, 3.05) is 11.6 Å². The van der Waals surface area contributed by atoms with Gasteiger partial charge in [-0.15, -0.1) is 0 Å². The Kier molecular flexibility index (Phi) is 5.36. The molecule has 2 N–H and O–H groups in total. The summed E-state index contributed by atoms with van der Waals surface area (Å²) in [4.78, 5) is 12.4. The van der Waals surface area contributed by atoms with Crippen LogP contribution in [0.1, 0.15) is 13.8 Å². The Balaban J connectivity index is 2.38. The van der Waals surface area contributed by atoms with Gasteiger partial charge in [-0.2, -0.15) is 5.26 Å². The van der Waals surface area contributed by atoms with E-state index in [4.69, 9.17) is 4.74 Å². The molecule has 134 valence electrons. The zero-order valence-electron chi connectivity index (χ0n) is 14.3. The van der Waals surface area contributed by atoms with Crippen LogP contribution in [0, 0.1) is 11.3 Å². The number of aliphatic hydroxyl groups excluding tert-OH is 1. The van der Waals surface area contributed by atoms with Crippen LogP contribution in [0.5, 0.6) is 0 Å². The fourth-order valence-corrected chi connectivity index (χ4v) is 2.84. The minimum Gasteiger partial charge on any atom is -0.506 e. The van der Waals surface area contributed by atoms with Crippen LogP contribution in [-0.2, 0) is 19.4 Å². The van der Waals surface area contributed by atoms with Crippen molar-refractivity contribution in [3.05, 3.63) is 64.5 Å². The SMILES string of the molecule is CC1=C=CC(/C(O)=C(\C#N)C(=O)Nc2cccc(S(C)(=O)=O)c2)=C(C)O1. The highest BCUT2D eigenvalue weighted by Gasteiger charge is 2.21. The number of amides is 1. The van der Waals surface area contributed by atoms with E-state index in [0.717, 1.165) is 6.26 Å². The topological polar surface area (TPSA) is 116 Å². The third kappa shape index (κ3) is 4.22. The molecular weight excluding hydrogens is 356 g/mol. The molecule has 1 amide bonds. The average Bonchev–Trinajstić information content (AvgIpc) is 2.54. The van der Waals surface area contributed by atoms with E-state index in [1.165, 1.54) is 30.3 Å². The van der Waals surface area contributed by atoms with E-state index in [0.29, 0.717) is 11.5 Å². The second-order valence-corrected chi connectivity index (χ2v) is 7.52. The van der Waals surface area contributed by atoms with Crippen LogP contribution in [-0.4, -0.2) is 25.7 Å². The Morgan fingerprint density at radius 2 is 2.04 bits per heavy atom. The zero-order chi connectivity index (χ0) is 19.5. The fourth-order valence-electron chi connectivity index (χ4n) is 2.17. The van der Waals surface area contributed by atoms with Crippen molar-refractivity contribution >= 4 is 21.4 Å². The Morgan fingerprint density at radius 3 is 2.62 bits per heavy atom. The van der Waals surface area contributed by atoms with Gasteiger partial charge in [-0.1, -0.05) is 11.8 Å². The van der Waals surface area contributed by atoms with E-state index >= 15 is 0 Å². The summed E-state index contributed by atoms with van der Waals surface area (Å²) in [5, 5.41) is 22.0. The Labute approximate surface area is 151 Å². The molecule has 0 bridgehead atoms. The second kappa shape index (κ2) is 7.31. The van der Waals surface area contributed by atoms with Gasteiger partial charge in [-0.3, -0.25) is 4.79 Å². The molecule has 8 heteroatoms. The minimum absolute atomic E-state index is 0.0183. The van der Waals surface area contributed by atoms with E-state index in [2.05, 4.69) is 11.0 Å². The molecule has 0 fully saturated rings. The molecule has 0 spiro atoms. The number of nitrogens with one attached hydrogen (secondary N) is 1. The van der Waals surface area contributed by atoms with Crippen LogP contribution in [0.15, 0.2) is 69.4 Å². The Morgan fingerprint density at radius 1 is 1.35 bits per heavy atom. The molecule has 2 rings (SSSR count). The molecule has 1 aliphatic heterocycles. The fraction of sp³-hybridized carbons (Fsp3) is 0.167. The van der Waals surface area contributed by atoms with Gasteiger partial charge in [0.25, 0.3) is 5.91 Å². The number of anilines is 1. The molecule has 0 atom stereocenters. The van der Waals surface area contributed by atoms with E-state index in [9.17, 15) is 23.6 Å². The lowest BCUT2D eigenvalue weighted by molar-refractivity contribution is -0.112. The number of ether oxygens (including phenoxy) is 1. The number of hydrogen-bond donors (Lipinski definition) is 2. The first kappa shape index (κ1) is 19.1. The lowest BCUT2D eigenvalue weighted by atomic mass is 10.1. The summed E-state index contributed by atoms with van der Waals surface area (Å²) >= 11 is 0. The van der Waals surface area contributed by atoms with Crippen LogP contribution in [0.2, 0.25) is 0 Å². The highest BCUT2D eigenvalue weighted by atomic mass is 32.2.